The van der Waals surface area contributed by atoms with Gasteiger partial charge in [-0.1, -0.05) is 36.4 Å². The van der Waals surface area contributed by atoms with E-state index in [-0.39, 0.29) is 11.5 Å². The van der Waals surface area contributed by atoms with Gasteiger partial charge in [-0.15, -0.1) is 0 Å². The summed E-state index contributed by atoms with van der Waals surface area (Å²) < 4.78 is 36.3. The van der Waals surface area contributed by atoms with Gasteiger partial charge in [-0.2, -0.15) is 0 Å². The number of likely N-dealkylation sites (tertiary alicyclic amines) is 1. The predicted molar refractivity (Wildman–Crippen MR) is 126 cm³/mol. The average Bonchev–Trinajstić information content (AvgIpc) is 2.79. The average molecular weight is 491 g/mol. The summed E-state index contributed by atoms with van der Waals surface area (Å²) >= 11 is 0. The van der Waals surface area contributed by atoms with Gasteiger partial charge in [0.25, 0.3) is 0 Å². The Morgan fingerprint density at radius 1 is 1.18 bits per heavy atom. The summed E-state index contributed by atoms with van der Waals surface area (Å²) in [6.07, 6.45) is 0. The van der Waals surface area contributed by atoms with Crippen molar-refractivity contribution in [2.75, 3.05) is 7.11 Å². The van der Waals surface area contributed by atoms with Gasteiger partial charge in [0.15, 0.2) is 6.04 Å². The molecule has 1 saturated heterocycles. The number of amides is 1. The van der Waals surface area contributed by atoms with E-state index in [0.717, 1.165) is 16.0 Å². The van der Waals surface area contributed by atoms with E-state index >= 15 is 0 Å². The maximum Gasteiger partial charge on any atom is 0.333 e. The van der Waals surface area contributed by atoms with Crippen LogP contribution >= 0.6 is 10.8 Å². The monoisotopic (exact) mass is 490 g/mol. The van der Waals surface area contributed by atoms with E-state index in [1.165, 1.54) is 12.1 Å². The Kier molecular flexibility index (Phi) is 7.51. The maximum atomic E-state index is 12.9. The highest BCUT2D eigenvalue weighted by atomic mass is 33.1. The lowest BCUT2D eigenvalue weighted by atomic mass is 10.0. The molecular formula is C23H26N2O6S2. The number of aryl methyl sites for hydroxylation is 1. The van der Waals surface area contributed by atoms with Crippen molar-refractivity contribution in [3.63, 3.8) is 0 Å². The number of esters is 1. The zero-order valence-corrected chi connectivity index (χ0v) is 20.2. The Morgan fingerprint density at radius 3 is 2.33 bits per heavy atom. The number of hydrogen-bond acceptors (Lipinski definition) is 8. The maximum absolute atomic E-state index is 12.9. The summed E-state index contributed by atoms with van der Waals surface area (Å²) in [6, 6.07) is 11.1. The second-order valence-corrected chi connectivity index (χ2v) is 11.7. The molecule has 1 fully saturated rings. The van der Waals surface area contributed by atoms with Crippen molar-refractivity contribution in [1.82, 2.24) is 4.90 Å². The van der Waals surface area contributed by atoms with Gasteiger partial charge in [-0.3, -0.25) is 4.79 Å². The van der Waals surface area contributed by atoms with Gasteiger partial charge < -0.3 is 20.1 Å². The Labute approximate surface area is 197 Å². The minimum absolute atomic E-state index is 0.0276. The number of carbonyl (C=O) groups excluding carboxylic acids is 2. The minimum Gasteiger partial charge on any atom is -0.497 e. The van der Waals surface area contributed by atoms with Gasteiger partial charge in [-0.25, -0.2) is 13.2 Å². The molecule has 0 bridgehead atoms. The largest absolute Gasteiger partial charge is 0.497 e. The van der Waals surface area contributed by atoms with Crippen molar-refractivity contribution in [2.24, 2.45) is 5.73 Å². The molecule has 1 aliphatic rings. The third-order valence-corrected chi connectivity index (χ3v) is 8.91. The van der Waals surface area contributed by atoms with Gasteiger partial charge in [0.1, 0.15) is 23.8 Å². The molecule has 3 atom stereocenters. The molecule has 3 rings (SSSR count). The van der Waals surface area contributed by atoms with E-state index in [2.05, 4.69) is 6.58 Å². The second-order valence-electron chi connectivity index (χ2n) is 7.73. The number of ether oxygens (including phenoxy) is 2. The van der Waals surface area contributed by atoms with Crippen LogP contribution in [0.3, 0.4) is 0 Å². The molecule has 2 aromatic carbocycles. The highest BCUT2D eigenvalue weighted by Gasteiger charge is 2.53. The first-order valence-electron chi connectivity index (χ1n) is 10.1. The number of nitrogens with two attached hydrogens (primary N) is 1. The number of benzene rings is 2. The smallest absolute Gasteiger partial charge is 0.333 e. The van der Waals surface area contributed by atoms with Crippen LogP contribution in [0.1, 0.15) is 18.1 Å². The summed E-state index contributed by atoms with van der Waals surface area (Å²) in [4.78, 5) is 26.7. The van der Waals surface area contributed by atoms with E-state index < -0.39 is 38.2 Å². The number of methoxy groups -OCH3 is 1. The van der Waals surface area contributed by atoms with E-state index in [4.69, 9.17) is 15.2 Å². The Balaban J connectivity index is 1.75. The SMILES string of the molecule is C=C(C)C(C(=O)OCc1ccc(OC)cc1)N1C(=O)C(N)C1SS(=O)(=O)c1ccc(C)cc1. The molecule has 0 aromatic heterocycles. The highest BCUT2D eigenvalue weighted by molar-refractivity contribution is 8.72. The molecule has 33 heavy (non-hydrogen) atoms. The third-order valence-electron chi connectivity index (χ3n) is 5.16. The molecule has 0 spiro atoms. The number of carbonyl (C=O) groups is 2. The van der Waals surface area contributed by atoms with Crippen LogP contribution in [0.15, 0.2) is 65.6 Å². The van der Waals surface area contributed by atoms with Gasteiger partial charge in [0.2, 0.25) is 14.8 Å². The molecule has 176 valence electrons. The van der Waals surface area contributed by atoms with E-state index in [0.29, 0.717) is 22.1 Å². The van der Waals surface area contributed by atoms with Crippen molar-refractivity contribution in [1.29, 1.82) is 0 Å². The molecule has 0 aliphatic carbocycles. The quantitative estimate of drug-likeness (QED) is 0.247. The van der Waals surface area contributed by atoms with E-state index in [1.54, 1.807) is 50.4 Å². The van der Waals surface area contributed by atoms with Crippen LogP contribution in [0.2, 0.25) is 0 Å². The number of rotatable bonds is 9. The zero-order chi connectivity index (χ0) is 24.3. The molecule has 1 heterocycles. The van der Waals surface area contributed by atoms with E-state index in [9.17, 15) is 18.0 Å². The lowest BCUT2D eigenvalue weighted by molar-refractivity contribution is -0.162. The first-order valence-corrected chi connectivity index (χ1v) is 13.0. The molecule has 2 N–H and O–H groups in total. The Morgan fingerprint density at radius 2 is 1.79 bits per heavy atom. The molecule has 0 radical (unpaired) electrons. The fourth-order valence-corrected chi connectivity index (χ4v) is 6.77. The number of hydrogen-bond donors (Lipinski definition) is 1. The van der Waals surface area contributed by atoms with Gasteiger partial charge in [-0.05, 0) is 49.2 Å². The fourth-order valence-electron chi connectivity index (χ4n) is 3.29. The van der Waals surface area contributed by atoms with Crippen molar-refractivity contribution in [3.8, 4) is 5.75 Å². The summed E-state index contributed by atoms with van der Waals surface area (Å²) in [5.74, 6) is -0.586. The summed E-state index contributed by atoms with van der Waals surface area (Å²) in [5, 5.41) is -0.959. The van der Waals surface area contributed by atoms with Crippen molar-refractivity contribution >= 4 is 31.5 Å². The highest BCUT2D eigenvalue weighted by Crippen LogP contribution is 2.39. The van der Waals surface area contributed by atoms with Gasteiger partial charge in [0.05, 0.1) is 12.0 Å². The molecule has 2 aromatic rings. The Hall–Kier alpha value is -2.82. The zero-order valence-electron chi connectivity index (χ0n) is 18.6. The van der Waals surface area contributed by atoms with Crippen LogP contribution in [-0.4, -0.2) is 49.8 Å². The molecule has 1 amide bonds. The first-order chi connectivity index (χ1) is 15.5. The van der Waals surface area contributed by atoms with Crippen LogP contribution in [0.25, 0.3) is 0 Å². The molecule has 3 unspecified atom stereocenters. The summed E-state index contributed by atoms with van der Waals surface area (Å²) in [7, 11) is -1.73. The van der Waals surface area contributed by atoms with Crippen LogP contribution in [-0.2, 0) is 29.8 Å². The fraction of sp³-hybridized carbons (Fsp3) is 0.304. The molecule has 8 nitrogen and oxygen atoms in total. The lowest BCUT2D eigenvalue weighted by Gasteiger charge is -2.47. The van der Waals surface area contributed by atoms with Crippen molar-refractivity contribution in [2.45, 2.75) is 42.8 Å². The first kappa shape index (κ1) is 24.8. The van der Waals surface area contributed by atoms with Gasteiger partial charge in [0, 0.05) is 10.8 Å². The number of β-lactam (4-membered cyclic amide) rings is 1. The summed E-state index contributed by atoms with van der Waals surface area (Å²) in [6.45, 7) is 7.20. The Bertz CT molecular complexity index is 1150. The van der Waals surface area contributed by atoms with E-state index in [1.807, 2.05) is 6.92 Å². The van der Waals surface area contributed by atoms with Crippen molar-refractivity contribution in [3.05, 3.63) is 71.8 Å². The number of nitrogens with zero attached hydrogens (tertiary/aromatic N) is 1. The predicted octanol–water partition coefficient (Wildman–Crippen LogP) is 2.61. The second kappa shape index (κ2) is 9.98. The molecule has 0 saturated carbocycles. The van der Waals surface area contributed by atoms with Crippen LogP contribution in [0.4, 0.5) is 0 Å². The normalized spacial score (nSPS) is 18.9. The van der Waals surface area contributed by atoms with Crippen LogP contribution in [0, 0.1) is 6.92 Å². The molecular weight excluding hydrogens is 464 g/mol. The van der Waals surface area contributed by atoms with Crippen molar-refractivity contribution < 1.29 is 27.5 Å². The third kappa shape index (κ3) is 5.40. The van der Waals surface area contributed by atoms with Crippen LogP contribution in [0.5, 0.6) is 5.75 Å². The minimum atomic E-state index is -3.82. The molecule has 1 aliphatic heterocycles. The topological polar surface area (TPSA) is 116 Å². The van der Waals surface area contributed by atoms with Gasteiger partial charge >= 0.3 is 5.97 Å². The summed E-state index contributed by atoms with van der Waals surface area (Å²) in [5.41, 5.74) is 7.91. The lowest BCUT2D eigenvalue weighted by Crippen LogP contribution is -2.71. The standard InChI is InChI=1S/C23H26N2O6S2/c1-14(2)20(23(27)31-13-16-7-9-17(30-4)10-8-16)25-21(26)19(24)22(25)32-33(28,29)18-11-5-15(3)6-12-18/h5-12,19-20,22H,1,13,24H2,2-4H3. The molecule has 10 heteroatoms. The van der Waals surface area contributed by atoms with Crippen LogP contribution < -0.4 is 10.5 Å².